The molecule has 0 aliphatic carbocycles. The van der Waals surface area contributed by atoms with Gasteiger partial charge in [-0.05, 0) is 60.7 Å². The lowest BCUT2D eigenvalue weighted by Crippen LogP contribution is -2.27. The van der Waals surface area contributed by atoms with E-state index in [0.29, 0.717) is 30.3 Å². The van der Waals surface area contributed by atoms with Gasteiger partial charge in [0, 0.05) is 25.5 Å². The topological polar surface area (TPSA) is 116 Å². The van der Waals surface area contributed by atoms with Gasteiger partial charge in [-0.2, -0.15) is 0 Å². The maximum atomic E-state index is 12.6. The van der Waals surface area contributed by atoms with Gasteiger partial charge in [0.2, 0.25) is 5.88 Å². The second kappa shape index (κ2) is 10.6. The lowest BCUT2D eigenvalue weighted by molar-refractivity contribution is 0.0934. The van der Waals surface area contributed by atoms with Gasteiger partial charge >= 0.3 is 0 Å². The van der Waals surface area contributed by atoms with Crippen LogP contribution in [0.25, 0.3) is 0 Å². The van der Waals surface area contributed by atoms with Crippen LogP contribution in [-0.4, -0.2) is 46.7 Å². The number of carbonyl (C=O) groups is 1. The van der Waals surface area contributed by atoms with E-state index in [1.807, 2.05) is 0 Å². The Balaban J connectivity index is 1.69. The summed E-state index contributed by atoms with van der Waals surface area (Å²) in [5.74, 6) is 0.747. The summed E-state index contributed by atoms with van der Waals surface area (Å²) in [6.45, 7) is 0.739. The monoisotopic (exact) mass is 457 g/mol. The molecule has 3 rings (SSSR count). The molecule has 1 amide bonds. The average Bonchev–Trinajstić information content (AvgIpc) is 2.80. The molecular weight excluding hydrogens is 434 g/mol. The minimum Gasteiger partial charge on any atom is -0.497 e. The number of sulfonamides is 1. The van der Waals surface area contributed by atoms with Gasteiger partial charge in [0.15, 0.2) is 0 Å². The van der Waals surface area contributed by atoms with Crippen LogP contribution in [0.3, 0.4) is 0 Å². The van der Waals surface area contributed by atoms with Crippen molar-refractivity contribution in [2.45, 2.75) is 4.90 Å². The smallest absolute Gasteiger partial charge is 0.261 e. The Hall–Kier alpha value is -3.63. The normalized spacial score (nSPS) is 10.9. The number of hydrogen-bond donors (Lipinski definition) is 2. The number of carbonyl (C=O) groups excluding carboxylic acids is 1. The molecule has 0 aliphatic rings. The molecule has 0 atom stereocenters. The number of anilines is 1. The van der Waals surface area contributed by atoms with E-state index >= 15 is 0 Å². The third-order valence-corrected chi connectivity index (χ3v) is 5.70. The first-order valence-corrected chi connectivity index (χ1v) is 11.1. The van der Waals surface area contributed by atoms with E-state index in [2.05, 4.69) is 15.0 Å². The van der Waals surface area contributed by atoms with Gasteiger partial charge in [-0.15, -0.1) is 0 Å². The van der Waals surface area contributed by atoms with Crippen molar-refractivity contribution in [1.29, 1.82) is 0 Å². The number of nitrogens with zero attached hydrogens (tertiary/aromatic N) is 1. The van der Waals surface area contributed by atoms with E-state index in [1.165, 1.54) is 25.4 Å². The van der Waals surface area contributed by atoms with Crippen molar-refractivity contribution >= 4 is 21.6 Å². The zero-order valence-electron chi connectivity index (χ0n) is 17.6. The molecule has 0 bridgehead atoms. The van der Waals surface area contributed by atoms with Crippen LogP contribution in [0.5, 0.6) is 17.4 Å². The fourth-order valence-corrected chi connectivity index (χ4v) is 3.74. The number of aromatic nitrogens is 1. The molecule has 2 N–H and O–H groups in total. The van der Waals surface area contributed by atoms with Gasteiger partial charge in [-0.3, -0.25) is 9.52 Å². The Morgan fingerprint density at radius 3 is 2.31 bits per heavy atom. The second-order valence-electron chi connectivity index (χ2n) is 6.51. The zero-order valence-corrected chi connectivity index (χ0v) is 18.4. The van der Waals surface area contributed by atoms with Gasteiger partial charge in [-0.25, -0.2) is 13.4 Å². The highest BCUT2D eigenvalue weighted by Crippen LogP contribution is 2.25. The lowest BCUT2D eigenvalue weighted by atomic mass is 10.2. The van der Waals surface area contributed by atoms with Crippen LogP contribution in [0.4, 0.5) is 5.69 Å². The van der Waals surface area contributed by atoms with E-state index in [1.54, 1.807) is 55.6 Å². The number of methoxy groups -OCH3 is 2. The highest BCUT2D eigenvalue weighted by atomic mass is 32.2. The molecule has 0 saturated heterocycles. The molecule has 1 aromatic heterocycles. The minimum absolute atomic E-state index is 0.108. The number of nitrogens with one attached hydrogen (secondary N) is 2. The standard InChI is InChI=1S/C22H23N3O6S/c1-29-15-14-23-21(26)20-4-3-13-24-22(20)31-18-7-5-16(6-8-18)25-32(27,28)19-11-9-17(30-2)10-12-19/h3-13,25H,14-15H2,1-2H3,(H,23,26). The number of amides is 1. The highest BCUT2D eigenvalue weighted by molar-refractivity contribution is 7.92. The highest BCUT2D eigenvalue weighted by Gasteiger charge is 2.16. The largest absolute Gasteiger partial charge is 0.497 e. The molecule has 168 valence electrons. The summed E-state index contributed by atoms with van der Waals surface area (Å²) >= 11 is 0. The summed E-state index contributed by atoms with van der Waals surface area (Å²) in [5, 5.41) is 2.72. The molecular formula is C22H23N3O6S. The minimum atomic E-state index is -3.76. The molecule has 0 aliphatic heterocycles. The molecule has 0 radical (unpaired) electrons. The van der Waals surface area contributed by atoms with Gasteiger partial charge in [0.05, 0.1) is 18.6 Å². The molecule has 0 unspecified atom stereocenters. The van der Waals surface area contributed by atoms with Gasteiger partial charge in [-0.1, -0.05) is 0 Å². The van der Waals surface area contributed by atoms with E-state index in [-0.39, 0.29) is 22.2 Å². The number of hydrogen-bond acceptors (Lipinski definition) is 7. The number of benzene rings is 2. The van der Waals surface area contributed by atoms with Crippen molar-refractivity contribution in [3.05, 3.63) is 72.4 Å². The molecule has 3 aromatic rings. The van der Waals surface area contributed by atoms with E-state index in [4.69, 9.17) is 14.2 Å². The van der Waals surface area contributed by atoms with Crippen molar-refractivity contribution in [3.8, 4) is 17.4 Å². The first-order chi connectivity index (χ1) is 15.4. The number of pyridine rings is 1. The van der Waals surface area contributed by atoms with Crippen molar-refractivity contribution in [1.82, 2.24) is 10.3 Å². The Labute approximate surface area is 186 Å². The Kier molecular flexibility index (Phi) is 7.63. The summed E-state index contributed by atoms with van der Waals surface area (Å²) in [6, 6.07) is 15.5. The predicted octanol–water partition coefficient (Wildman–Crippen LogP) is 3.06. The molecule has 0 fully saturated rings. The third-order valence-electron chi connectivity index (χ3n) is 4.30. The van der Waals surface area contributed by atoms with Crippen LogP contribution in [-0.2, 0) is 14.8 Å². The quantitative estimate of drug-likeness (QED) is 0.450. The Morgan fingerprint density at radius 2 is 1.66 bits per heavy atom. The number of rotatable bonds is 10. The van der Waals surface area contributed by atoms with Crippen LogP contribution >= 0.6 is 0 Å². The third kappa shape index (κ3) is 5.96. The number of ether oxygens (including phenoxy) is 3. The summed E-state index contributed by atoms with van der Waals surface area (Å²) in [6.07, 6.45) is 1.51. The molecule has 2 aromatic carbocycles. The van der Waals surface area contributed by atoms with Crippen molar-refractivity contribution in [2.75, 3.05) is 32.1 Å². The Bertz CT molecular complexity index is 1150. The van der Waals surface area contributed by atoms with Crippen molar-refractivity contribution < 1.29 is 27.4 Å². The molecule has 9 nitrogen and oxygen atoms in total. The van der Waals surface area contributed by atoms with Crippen LogP contribution in [0.15, 0.2) is 71.8 Å². The van der Waals surface area contributed by atoms with Crippen molar-refractivity contribution in [3.63, 3.8) is 0 Å². The van der Waals surface area contributed by atoms with Crippen LogP contribution in [0.1, 0.15) is 10.4 Å². The zero-order chi connectivity index (χ0) is 23.0. The van der Waals surface area contributed by atoms with Gasteiger partial charge < -0.3 is 19.5 Å². The lowest BCUT2D eigenvalue weighted by Gasteiger charge is -2.12. The molecule has 32 heavy (non-hydrogen) atoms. The fraction of sp³-hybridized carbons (Fsp3) is 0.182. The SMILES string of the molecule is COCCNC(=O)c1cccnc1Oc1ccc(NS(=O)(=O)c2ccc(OC)cc2)cc1. The van der Waals surface area contributed by atoms with E-state index < -0.39 is 10.0 Å². The maximum absolute atomic E-state index is 12.6. The summed E-state index contributed by atoms with van der Waals surface area (Å²) in [5.41, 5.74) is 0.625. The summed E-state index contributed by atoms with van der Waals surface area (Å²) in [4.78, 5) is 16.6. The predicted molar refractivity (Wildman–Crippen MR) is 119 cm³/mol. The average molecular weight is 458 g/mol. The molecule has 0 saturated carbocycles. The first kappa shape index (κ1) is 23.0. The molecule has 1 heterocycles. The Morgan fingerprint density at radius 1 is 0.969 bits per heavy atom. The van der Waals surface area contributed by atoms with Gasteiger partial charge in [0.1, 0.15) is 17.1 Å². The summed E-state index contributed by atoms with van der Waals surface area (Å²) in [7, 11) is -0.707. The van der Waals surface area contributed by atoms with E-state index in [0.717, 1.165) is 0 Å². The fourth-order valence-electron chi connectivity index (χ4n) is 2.68. The molecule has 10 heteroatoms. The van der Waals surface area contributed by atoms with E-state index in [9.17, 15) is 13.2 Å². The summed E-state index contributed by atoms with van der Waals surface area (Å²) < 4.78 is 43.3. The van der Waals surface area contributed by atoms with Crippen LogP contribution < -0.4 is 19.5 Å². The first-order valence-electron chi connectivity index (χ1n) is 9.60. The van der Waals surface area contributed by atoms with Crippen LogP contribution in [0.2, 0.25) is 0 Å². The molecule has 0 spiro atoms. The van der Waals surface area contributed by atoms with Crippen LogP contribution in [0, 0.1) is 0 Å². The second-order valence-corrected chi connectivity index (χ2v) is 8.19. The van der Waals surface area contributed by atoms with Crippen molar-refractivity contribution in [2.24, 2.45) is 0 Å². The van der Waals surface area contributed by atoms with Gasteiger partial charge in [0.25, 0.3) is 15.9 Å². The maximum Gasteiger partial charge on any atom is 0.261 e.